The Hall–Kier alpha value is 1.10. The summed E-state index contributed by atoms with van der Waals surface area (Å²) in [5.41, 5.74) is 0. The molecule has 0 saturated carbocycles. The summed E-state index contributed by atoms with van der Waals surface area (Å²) in [5.74, 6) is 0. The fourth-order valence-corrected chi connectivity index (χ4v) is 0. The van der Waals surface area contributed by atoms with Gasteiger partial charge in [-0.25, -0.2) is 0 Å². The van der Waals surface area contributed by atoms with Gasteiger partial charge < -0.3 is 0 Å². The average molecular weight is 140 g/mol. The van der Waals surface area contributed by atoms with E-state index in [1.54, 1.807) is 0 Å². The summed E-state index contributed by atoms with van der Waals surface area (Å²) in [7, 11) is 0. The first-order valence-electron chi connectivity index (χ1n) is 0.535. The van der Waals surface area contributed by atoms with Crippen molar-refractivity contribution in [1.29, 1.82) is 0 Å². The largest absolute Gasteiger partial charge is 0.109 e. The second-order valence-corrected chi connectivity index (χ2v) is 0.909. The van der Waals surface area contributed by atoms with Crippen LogP contribution in [0.2, 0.25) is 0 Å². The summed E-state index contributed by atoms with van der Waals surface area (Å²) in [6.45, 7) is 0. The van der Waals surface area contributed by atoms with Crippen molar-refractivity contribution in [2.45, 2.75) is 0 Å². The van der Waals surface area contributed by atoms with E-state index in [-0.39, 0.29) is 22.4 Å². The van der Waals surface area contributed by atoms with Crippen molar-refractivity contribution >= 4 is 23.2 Å². The maximum atomic E-state index is 4.76. The Kier molecular flexibility index (Phi) is 19.9. The van der Waals surface area contributed by atoms with Crippen LogP contribution in [0.5, 0.6) is 0 Å². The summed E-state index contributed by atoms with van der Waals surface area (Å²) in [5, 5.41) is 0.194. The molecule has 0 N–H and O–H groups in total. The molecule has 0 aromatic carbocycles. The predicted octanol–water partition coefficient (Wildman–Crippen LogP) is 1.42. The van der Waals surface area contributed by atoms with Crippen LogP contribution in [0.1, 0.15) is 0 Å². The van der Waals surface area contributed by atoms with Crippen molar-refractivity contribution < 1.29 is 17.1 Å². The molecule has 27 valence electrons. The van der Waals surface area contributed by atoms with E-state index in [0.29, 0.717) is 0 Å². The third-order valence-corrected chi connectivity index (χ3v) is 0. The summed E-state index contributed by atoms with van der Waals surface area (Å²) >= 11 is 9.53. The van der Waals surface area contributed by atoms with Gasteiger partial charge in [-0.05, 0) is 0 Å². The number of hydrogen-bond donors (Lipinski definition) is 0. The smallest absolute Gasteiger partial charge is 0.0967 e. The first kappa shape index (κ1) is 8.92. The Balaban J connectivity index is 0. The second kappa shape index (κ2) is 8.93. The van der Waals surface area contributed by atoms with E-state index in [1.165, 1.54) is 0 Å². The van der Waals surface area contributed by atoms with Gasteiger partial charge in [0.25, 0.3) is 0 Å². The molecule has 3 heteroatoms. The third kappa shape index (κ3) is 11.3. The molecule has 0 heterocycles. The zero-order valence-electron chi connectivity index (χ0n) is 1.84. The fourth-order valence-electron chi connectivity index (χ4n) is 0. The molecule has 0 nitrogen and oxygen atoms in total. The molecule has 0 aromatic heterocycles. The summed E-state index contributed by atoms with van der Waals surface area (Å²) in [4.78, 5) is 0. The molecule has 0 spiro atoms. The Bertz CT molecular complexity index is 6.00. The monoisotopic (exact) mass is 139 g/mol. The van der Waals surface area contributed by atoms with Gasteiger partial charge in [-0.1, -0.05) is 0 Å². The van der Waals surface area contributed by atoms with Crippen molar-refractivity contribution in [3.63, 3.8) is 0 Å². The van der Waals surface area contributed by atoms with Crippen LogP contribution in [0.25, 0.3) is 0 Å². The topological polar surface area (TPSA) is 0 Å². The van der Waals surface area contributed by atoms with E-state index in [2.05, 4.69) is 0 Å². The number of hydrogen-bond acceptors (Lipinski definition) is 0. The summed E-state index contributed by atoms with van der Waals surface area (Å²) in [6, 6.07) is 0. The Labute approximate surface area is 45.9 Å². The van der Waals surface area contributed by atoms with Crippen LogP contribution in [0.15, 0.2) is 0 Å². The summed E-state index contributed by atoms with van der Waals surface area (Å²) in [6.07, 6.45) is 0. The minimum Gasteiger partial charge on any atom is -0.109 e. The molecule has 0 aliphatic heterocycles. The predicted molar refractivity (Wildman–Crippen MR) is 16.6 cm³/mol. The fraction of sp³-hybridized carbons (Fsp3) is 1.00. The SMILES string of the molecule is ClCCl.[Mn]. The Morgan fingerprint density at radius 3 is 1.25 bits per heavy atom. The van der Waals surface area contributed by atoms with Gasteiger partial charge in [0, 0.05) is 17.1 Å². The normalized spacial score (nSPS) is 4.50. The van der Waals surface area contributed by atoms with Crippen LogP contribution in [-0.2, 0) is 17.1 Å². The van der Waals surface area contributed by atoms with Gasteiger partial charge in [-0.3, -0.25) is 0 Å². The van der Waals surface area contributed by atoms with Crippen molar-refractivity contribution in [1.82, 2.24) is 0 Å². The van der Waals surface area contributed by atoms with Crippen LogP contribution < -0.4 is 0 Å². The van der Waals surface area contributed by atoms with Gasteiger partial charge >= 0.3 is 0 Å². The van der Waals surface area contributed by atoms with Gasteiger partial charge in [-0.2, -0.15) is 0 Å². The molecule has 0 atom stereocenters. The van der Waals surface area contributed by atoms with Crippen molar-refractivity contribution in [3.8, 4) is 0 Å². The van der Waals surface area contributed by atoms with Crippen molar-refractivity contribution in [2.24, 2.45) is 0 Å². The molecule has 0 rings (SSSR count). The van der Waals surface area contributed by atoms with Crippen LogP contribution in [-0.4, -0.2) is 5.34 Å². The first-order valence-corrected chi connectivity index (χ1v) is 1.60. The molecular formula is CH2Cl2Mn. The van der Waals surface area contributed by atoms with E-state index in [1.807, 2.05) is 0 Å². The van der Waals surface area contributed by atoms with E-state index in [0.717, 1.165) is 0 Å². The molecule has 1 radical (unpaired) electrons. The van der Waals surface area contributed by atoms with Crippen LogP contribution in [0.4, 0.5) is 0 Å². The minimum absolute atomic E-state index is 0. The van der Waals surface area contributed by atoms with E-state index < -0.39 is 0 Å². The van der Waals surface area contributed by atoms with Gasteiger partial charge in [-0.15, -0.1) is 23.2 Å². The minimum atomic E-state index is 0. The van der Waals surface area contributed by atoms with Crippen molar-refractivity contribution in [2.75, 3.05) is 5.34 Å². The molecule has 0 aliphatic carbocycles. The van der Waals surface area contributed by atoms with E-state index >= 15 is 0 Å². The molecule has 0 fully saturated rings. The molecule has 0 bridgehead atoms. The average Bonchev–Trinajstić information content (AvgIpc) is 0.918. The molecule has 0 saturated heterocycles. The first-order chi connectivity index (χ1) is 1.41. The van der Waals surface area contributed by atoms with Gasteiger partial charge in [0.2, 0.25) is 0 Å². The molecule has 4 heavy (non-hydrogen) atoms. The molecule has 0 aliphatic rings. The Morgan fingerprint density at radius 1 is 1.25 bits per heavy atom. The van der Waals surface area contributed by atoms with E-state index in [9.17, 15) is 0 Å². The van der Waals surface area contributed by atoms with Crippen LogP contribution in [0.3, 0.4) is 0 Å². The molecule has 0 amide bonds. The maximum Gasteiger partial charge on any atom is 0.0967 e. The molecule has 0 unspecified atom stereocenters. The van der Waals surface area contributed by atoms with Crippen LogP contribution >= 0.6 is 23.2 Å². The zero-order valence-corrected chi connectivity index (χ0v) is 4.53. The molecule has 0 aromatic rings. The number of rotatable bonds is 0. The standard InChI is InChI=1S/CH2Cl2.Mn/c2-1-3;/h1H2;. The Morgan fingerprint density at radius 2 is 1.25 bits per heavy atom. The quantitative estimate of drug-likeness (QED) is 0.352. The zero-order chi connectivity index (χ0) is 2.71. The van der Waals surface area contributed by atoms with Gasteiger partial charge in [0.05, 0.1) is 5.34 Å². The second-order valence-electron chi connectivity index (χ2n) is 0.101. The third-order valence-electron chi connectivity index (χ3n) is 0. The van der Waals surface area contributed by atoms with E-state index in [4.69, 9.17) is 23.2 Å². The molecular weight excluding hydrogens is 138 g/mol. The summed E-state index contributed by atoms with van der Waals surface area (Å²) < 4.78 is 0. The van der Waals surface area contributed by atoms with Gasteiger partial charge in [0.15, 0.2) is 0 Å². The van der Waals surface area contributed by atoms with Gasteiger partial charge in [0.1, 0.15) is 0 Å². The maximum absolute atomic E-state index is 4.76. The number of halogens is 2. The van der Waals surface area contributed by atoms with Crippen molar-refractivity contribution in [3.05, 3.63) is 0 Å². The number of alkyl halides is 2. The van der Waals surface area contributed by atoms with Crippen LogP contribution in [0, 0.1) is 0 Å².